The molecule has 4 rings (SSSR count). The Hall–Kier alpha value is -2.48. The van der Waals surface area contributed by atoms with Gasteiger partial charge in [0.25, 0.3) is 0 Å². The standard InChI is InChI=1S/C24H38N2O2.C4H4O4/c1-16-14-18-19-6-7-22(27)24(19,3)11-9-20(18)23(2)10-8-17(15-21(16)23)26-28-13-5-12-25-4;5-3(6)1-2-4(7)8/h18-21,25H,1,5-15H2,2-4H3;1-2H,(H,5,6)(H,7,8)/b26-17+;2-1+/t18-,19-,20-,21+,23+,24-;/m0./s1. The average molecular weight is 503 g/mol. The Morgan fingerprint density at radius 2 is 1.81 bits per heavy atom. The second kappa shape index (κ2) is 11.7. The SMILES string of the molecule is C=C1C[C@@H]2[C@H](CC[C@]3(C)C(=O)CC[C@@H]23)[C@@]2(C)CC/C(=N\OCCCNC)C[C@H]12.O=C(O)/C=C/C(=O)O. The molecule has 0 saturated heterocycles. The number of hydrogen-bond donors (Lipinski definition) is 3. The van der Waals surface area contributed by atoms with Gasteiger partial charge in [0.15, 0.2) is 0 Å². The molecule has 0 radical (unpaired) electrons. The first kappa shape index (κ1) is 28.1. The minimum absolute atomic E-state index is 0.0485. The first-order valence-corrected chi connectivity index (χ1v) is 13.2. The molecule has 0 heterocycles. The van der Waals surface area contributed by atoms with E-state index in [4.69, 9.17) is 15.1 Å². The summed E-state index contributed by atoms with van der Waals surface area (Å²) in [4.78, 5) is 37.3. The molecular formula is C28H42N2O6. The molecule has 3 N–H and O–H groups in total. The molecule has 4 aliphatic carbocycles. The summed E-state index contributed by atoms with van der Waals surface area (Å²) in [6, 6.07) is 0. The van der Waals surface area contributed by atoms with Crippen molar-refractivity contribution in [2.75, 3.05) is 20.2 Å². The monoisotopic (exact) mass is 502 g/mol. The molecule has 4 aliphatic rings. The molecule has 36 heavy (non-hydrogen) atoms. The Bertz CT molecular complexity index is 911. The molecule has 0 amide bonds. The quantitative estimate of drug-likeness (QED) is 0.203. The second-order valence-electron chi connectivity index (χ2n) is 11.4. The molecule has 8 nitrogen and oxygen atoms in total. The summed E-state index contributed by atoms with van der Waals surface area (Å²) in [5.41, 5.74) is 2.91. The van der Waals surface area contributed by atoms with Crippen LogP contribution in [0.4, 0.5) is 0 Å². The van der Waals surface area contributed by atoms with Gasteiger partial charge in [-0.05, 0) is 94.0 Å². The molecule has 4 saturated carbocycles. The summed E-state index contributed by atoms with van der Waals surface area (Å²) in [5.74, 6) is 0.532. The average Bonchev–Trinajstić information content (AvgIpc) is 3.13. The van der Waals surface area contributed by atoms with Crippen LogP contribution < -0.4 is 5.32 Å². The maximum atomic E-state index is 12.6. The lowest BCUT2D eigenvalue weighted by molar-refractivity contribution is -0.134. The van der Waals surface area contributed by atoms with Crippen LogP contribution in [0.2, 0.25) is 0 Å². The van der Waals surface area contributed by atoms with Gasteiger partial charge in [0.1, 0.15) is 12.4 Å². The van der Waals surface area contributed by atoms with Gasteiger partial charge in [-0.25, -0.2) is 9.59 Å². The minimum Gasteiger partial charge on any atom is -0.478 e. The van der Waals surface area contributed by atoms with E-state index in [1.54, 1.807) is 0 Å². The molecule has 0 bridgehead atoms. The van der Waals surface area contributed by atoms with Crippen LogP contribution in [-0.4, -0.2) is 53.8 Å². The predicted octanol–water partition coefficient (Wildman–Crippen LogP) is 4.46. The third-order valence-corrected chi connectivity index (χ3v) is 9.40. The smallest absolute Gasteiger partial charge is 0.328 e. The normalized spacial score (nSPS) is 36.5. The number of ketones is 1. The maximum absolute atomic E-state index is 12.6. The van der Waals surface area contributed by atoms with Gasteiger partial charge in [0, 0.05) is 24.0 Å². The largest absolute Gasteiger partial charge is 0.478 e. The van der Waals surface area contributed by atoms with Crippen LogP contribution in [0.5, 0.6) is 0 Å². The number of oxime groups is 1. The van der Waals surface area contributed by atoms with Crippen molar-refractivity contribution in [3.05, 3.63) is 24.3 Å². The van der Waals surface area contributed by atoms with Crippen LogP contribution in [0.25, 0.3) is 0 Å². The van der Waals surface area contributed by atoms with E-state index in [9.17, 15) is 14.4 Å². The van der Waals surface area contributed by atoms with Gasteiger partial charge < -0.3 is 20.4 Å². The fourth-order valence-corrected chi connectivity index (χ4v) is 7.50. The molecule has 0 aromatic rings. The van der Waals surface area contributed by atoms with Gasteiger partial charge >= 0.3 is 11.9 Å². The highest BCUT2D eigenvalue weighted by atomic mass is 16.6. The van der Waals surface area contributed by atoms with E-state index in [1.165, 1.54) is 24.1 Å². The van der Waals surface area contributed by atoms with Gasteiger partial charge in [-0.3, -0.25) is 4.79 Å². The van der Waals surface area contributed by atoms with Crippen molar-refractivity contribution in [3.63, 3.8) is 0 Å². The Morgan fingerprint density at radius 1 is 1.11 bits per heavy atom. The number of nitrogens with one attached hydrogen (secondary N) is 1. The Balaban J connectivity index is 0.000000392. The van der Waals surface area contributed by atoms with Crippen LogP contribution in [0.3, 0.4) is 0 Å². The summed E-state index contributed by atoms with van der Waals surface area (Å²) in [6.07, 6.45) is 10.7. The van der Waals surface area contributed by atoms with Crippen molar-refractivity contribution in [2.24, 2.45) is 39.7 Å². The van der Waals surface area contributed by atoms with Gasteiger partial charge in [-0.15, -0.1) is 0 Å². The fraction of sp³-hybridized carbons (Fsp3) is 0.714. The number of fused-ring (bicyclic) bond motifs is 5. The second-order valence-corrected chi connectivity index (χ2v) is 11.4. The lowest BCUT2D eigenvalue weighted by Crippen LogP contribution is -2.54. The topological polar surface area (TPSA) is 125 Å². The third kappa shape index (κ3) is 5.90. The highest BCUT2D eigenvalue weighted by molar-refractivity contribution is 5.89. The minimum atomic E-state index is -1.26. The number of carbonyl (C=O) groups is 3. The van der Waals surface area contributed by atoms with Gasteiger partial charge in [-0.1, -0.05) is 31.2 Å². The molecule has 0 aliphatic heterocycles. The van der Waals surface area contributed by atoms with Crippen molar-refractivity contribution in [2.45, 2.75) is 71.6 Å². The van der Waals surface area contributed by atoms with Crippen molar-refractivity contribution in [1.29, 1.82) is 0 Å². The fourth-order valence-electron chi connectivity index (χ4n) is 7.50. The summed E-state index contributed by atoms with van der Waals surface area (Å²) < 4.78 is 0. The van der Waals surface area contributed by atoms with Crippen molar-refractivity contribution < 1.29 is 29.4 Å². The predicted molar refractivity (Wildman–Crippen MR) is 138 cm³/mol. The van der Waals surface area contributed by atoms with Crippen molar-refractivity contribution in [3.8, 4) is 0 Å². The number of hydrogen-bond acceptors (Lipinski definition) is 6. The Labute approximate surface area is 214 Å². The van der Waals surface area contributed by atoms with E-state index in [0.29, 0.717) is 47.7 Å². The number of allylic oxidation sites excluding steroid dienone is 1. The zero-order valence-corrected chi connectivity index (χ0v) is 21.9. The molecule has 0 aromatic carbocycles. The highest BCUT2D eigenvalue weighted by Crippen LogP contribution is 2.66. The van der Waals surface area contributed by atoms with E-state index in [-0.39, 0.29) is 5.41 Å². The van der Waals surface area contributed by atoms with Crippen LogP contribution in [0, 0.1) is 34.5 Å². The van der Waals surface area contributed by atoms with E-state index < -0.39 is 11.9 Å². The van der Waals surface area contributed by atoms with Crippen LogP contribution in [-0.2, 0) is 19.2 Å². The van der Waals surface area contributed by atoms with Crippen LogP contribution in [0.1, 0.15) is 71.6 Å². The molecule has 200 valence electrons. The van der Waals surface area contributed by atoms with Gasteiger partial charge in [0.05, 0.1) is 5.71 Å². The third-order valence-electron chi connectivity index (χ3n) is 9.40. The zero-order valence-electron chi connectivity index (χ0n) is 21.9. The number of aliphatic carboxylic acids is 2. The lowest BCUT2D eigenvalue weighted by atomic mass is 9.44. The van der Waals surface area contributed by atoms with Gasteiger partial charge in [0.2, 0.25) is 0 Å². The summed E-state index contributed by atoms with van der Waals surface area (Å²) in [7, 11) is 1.96. The van der Waals surface area contributed by atoms with E-state index >= 15 is 0 Å². The maximum Gasteiger partial charge on any atom is 0.328 e. The lowest BCUT2D eigenvalue weighted by Gasteiger charge is -2.60. The Kier molecular flexibility index (Phi) is 9.14. The zero-order chi connectivity index (χ0) is 26.5. The number of nitrogens with zero attached hydrogens (tertiary/aromatic N) is 1. The summed E-state index contributed by atoms with van der Waals surface area (Å²) >= 11 is 0. The number of carbonyl (C=O) groups excluding carboxylic acids is 1. The molecule has 0 aromatic heterocycles. The molecule has 8 heteroatoms. The van der Waals surface area contributed by atoms with Gasteiger partial charge in [-0.2, -0.15) is 0 Å². The molecular weight excluding hydrogens is 460 g/mol. The van der Waals surface area contributed by atoms with E-state index in [0.717, 1.165) is 57.4 Å². The van der Waals surface area contributed by atoms with E-state index in [1.807, 2.05) is 7.05 Å². The first-order chi connectivity index (χ1) is 17.0. The van der Waals surface area contributed by atoms with Crippen LogP contribution in [0.15, 0.2) is 29.5 Å². The molecule has 0 spiro atoms. The van der Waals surface area contributed by atoms with Crippen LogP contribution >= 0.6 is 0 Å². The first-order valence-electron chi connectivity index (χ1n) is 13.2. The number of carboxylic acid groups (broad SMARTS) is 2. The van der Waals surface area contributed by atoms with Crippen molar-refractivity contribution in [1.82, 2.24) is 5.32 Å². The number of carboxylic acids is 2. The molecule has 4 fully saturated rings. The summed E-state index contributed by atoms with van der Waals surface area (Å²) in [6.45, 7) is 11.0. The number of rotatable bonds is 7. The number of Topliss-reactive ketones (excluding diaryl/α,β-unsaturated/α-hetero) is 1. The molecule has 6 atom stereocenters. The summed E-state index contributed by atoms with van der Waals surface area (Å²) in [5, 5.41) is 23.3. The molecule has 0 unspecified atom stereocenters. The Morgan fingerprint density at radius 3 is 2.44 bits per heavy atom. The van der Waals surface area contributed by atoms with E-state index in [2.05, 4.69) is 30.9 Å². The van der Waals surface area contributed by atoms with Crippen molar-refractivity contribution >= 4 is 23.4 Å². The highest BCUT2D eigenvalue weighted by Gasteiger charge is 2.60.